The van der Waals surface area contributed by atoms with Crippen LogP contribution in [0.15, 0.2) is 0 Å². The van der Waals surface area contributed by atoms with Crippen LogP contribution < -0.4 is 10.6 Å². The molecule has 2 aliphatic rings. The topological polar surface area (TPSA) is 61.4 Å². The molecule has 0 saturated heterocycles. The van der Waals surface area contributed by atoms with Crippen LogP contribution in [-0.2, 0) is 4.79 Å². The first-order chi connectivity index (χ1) is 8.18. The molecule has 2 rings (SSSR count). The summed E-state index contributed by atoms with van der Waals surface area (Å²) in [4.78, 5) is 11.5. The standard InChI is InChI=1S/C13H24N2O2/c16-12(15-11-5-6-11)9-14-10-13(17)7-3-1-2-4-8-13/h11,14,17H,1-10H2,(H,15,16). The van der Waals surface area contributed by atoms with Gasteiger partial charge in [-0.2, -0.15) is 0 Å². The summed E-state index contributed by atoms with van der Waals surface area (Å²) < 4.78 is 0. The second kappa shape index (κ2) is 5.83. The maximum atomic E-state index is 11.5. The zero-order valence-corrected chi connectivity index (χ0v) is 10.5. The molecule has 4 nitrogen and oxygen atoms in total. The normalized spacial score (nSPS) is 24.1. The quantitative estimate of drug-likeness (QED) is 0.627. The number of nitrogens with one attached hydrogen (secondary N) is 2. The first kappa shape index (κ1) is 12.8. The number of carbonyl (C=O) groups excluding carboxylic acids is 1. The zero-order chi connectivity index (χ0) is 12.1. The number of carbonyl (C=O) groups is 1. The lowest BCUT2D eigenvalue weighted by molar-refractivity contribution is -0.120. The molecule has 4 heteroatoms. The maximum absolute atomic E-state index is 11.5. The van der Waals surface area contributed by atoms with Crippen LogP contribution in [0.25, 0.3) is 0 Å². The highest BCUT2D eigenvalue weighted by Gasteiger charge is 2.28. The molecule has 0 radical (unpaired) electrons. The van der Waals surface area contributed by atoms with Gasteiger partial charge in [0.05, 0.1) is 12.1 Å². The van der Waals surface area contributed by atoms with Gasteiger partial charge in [-0.05, 0) is 25.7 Å². The number of amides is 1. The molecule has 2 fully saturated rings. The third kappa shape index (κ3) is 4.64. The van der Waals surface area contributed by atoms with Gasteiger partial charge < -0.3 is 15.7 Å². The Morgan fingerprint density at radius 2 is 1.82 bits per heavy atom. The minimum atomic E-state index is -0.587. The van der Waals surface area contributed by atoms with E-state index < -0.39 is 5.60 Å². The Morgan fingerprint density at radius 1 is 1.18 bits per heavy atom. The second-order valence-corrected chi connectivity index (χ2v) is 5.58. The van der Waals surface area contributed by atoms with Gasteiger partial charge in [0.2, 0.25) is 5.91 Å². The van der Waals surface area contributed by atoms with Gasteiger partial charge in [-0.25, -0.2) is 0 Å². The van der Waals surface area contributed by atoms with Gasteiger partial charge in [0.15, 0.2) is 0 Å². The molecule has 2 saturated carbocycles. The van der Waals surface area contributed by atoms with Crippen LogP contribution in [0.4, 0.5) is 0 Å². The third-order valence-electron chi connectivity index (χ3n) is 3.72. The smallest absolute Gasteiger partial charge is 0.234 e. The number of hydrogen-bond donors (Lipinski definition) is 3. The maximum Gasteiger partial charge on any atom is 0.234 e. The van der Waals surface area contributed by atoms with Gasteiger partial charge >= 0.3 is 0 Å². The Bertz CT molecular complexity index is 256. The molecule has 0 heterocycles. The van der Waals surface area contributed by atoms with Gasteiger partial charge in [-0.1, -0.05) is 25.7 Å². The molecule has 0 aromatic heterocycles. The molecule has 0 bridgehead atoms. The van der Waals surface area contributed by atoms with E-state index in [1.165, 1.54) is 12.8 Å². The van der Waals surface area contributed by atoms with Crippen molar-refractivity contribution in [2.24, 2.45) is 0 Å². The summed E-state index contributed by atoms with van der Waals surface area (Å²) >= 11 is 0. The summed E-state index contributed by atoms with van der Waals surface area (Å²) in [6, 6.07) is 0.422. The minimum absolute atomic E-state index is 0.0599. The lowest BCUT2D eigenvalue weighted by Gasteiger charge is -2.26. The van der Waals surface area contributed by atoms with Crippen LogP contribution >= 0.6 is 0 Å². The predicted molar refractivity (Wildman–Crippen MR) is 66.7 cm³/mol. The van der Waals surface area contributed by atoms with Crippen molar-refractivity contribution in [3.05, 3.63) is 0 Å². The highest BCUT2D eigenvalue weighted by Crippen LogP contribution is 2.26. The third-order valence-corrected chi connectivity index (χ3v) is 3.72. The Hall–Kier alpha value is -0.610. The lowest BCUT2D eigenvalue weighted by Crippen LogP contribution is -2.44. The van der Waals surface area contributed by atoms with Gasteiger partial charge in [0.25, 0.3) is 0 Å². The van der Waals surface area contributed by atoms with Crippen molar-refractivity contribution in [2.45, 2.75) is 63.0 Å². The molecule has 0 aromatic carbocycles. The van der Waals surface area contributed by atoms with Crippen LogP contribution in [0.5, 0.6) is 0 Å². The van der Waals surface area contributed by atoms with Gasteiger partial charge in [0, 0.05) is 12.6 Å². The number of hydrogen-bond acceptors (Lipinski definition) is 3. The summed E-state index contributed by atoms with van der Waals surface area (Å²) in [7, 11) is 0. The lowest BCUT2D eigenvalue weighted by atomic mass is 9.94. The van der Waals surface area contributed by atoms with E-state index in [0.29, 0.717) is 19.1 Å². The molecular weight excluding hydrogens is 216 g/mol. The minimum Gasteiger partial charge on any atom is -0.389 e. The predicted octanol–water partition coefficient (Wildman–Crippen LogP) is 0.940. The summed E-state index contributed by atoms with van der Waals surface area (Å²) in [6.45, 7) is 0.879. The van der Waals surface area contributed by atoms with Crippen molar-refractivity contribution in [3.63, 3.8) is 0 Å². The average molecular weight is 240 g/mol. The number of rotatable bonds is 5. The highest BCUT2D eigenvalue weighted by atomic mass is 16.3. The van der Waals surface area contributed by atoms with Crippen LogP contribution in [-0.4, -0.2) is 35.7 Å². The van der Waals surface area contributed by atoms with Gasteiger partial charge in [-0.3, -0.25) is 4.79 Å². The molecule has 17 heavy (non-hydrogen) atoms. The van der Waals surface area contributed by atoms with E-state index in [2.05, 4.69) is 10.6 Å². The van der Waals surface area contributed by atoms with Crippen LogP contribution in [0.1, 0.15) is 51.4 Å². The van der Waals surface area contributed by atoms with E-state index in [-0.39, 0.29) is 5.91 Å². The Labute approximate surface area is 103 Å². The van der Waals surface area contributed by atoms with Crippen molar-refractivity contribution >= 4 is 5.91 Å². The van der Waals surface area contributed by atoms with Crippen molar-refractivity contribution in [2.75, 3.05) is 13.1 Å². The van der Waals surface area contributed by atoms with Crippen molar-refractivity contribution in [3.8, 4) is 0 Å². The summed E-state index contributed by atoms with van der Waals surface area (Å²) in [5, 5.41) is 16.4. The fourth-order valence-electron chi connectivity index (χ4n) is 2.48. The summed E-state index contributed by atoms with van der Waals surface area (Å²) in [5.74, 6) is 0.0599. The van der Waals surface area contributed by atoms with Crippen LogP contribution in [0.3, 0.4) is 0 Å². The molecule has 0 unspecified atom stereocenters. The molecule has 1 amide bonds. The Morgan fingerprint density at radius 3 is 2.41 bits per heavy atom. The number of aliphatic hydroxyl groups is 1. The van der Waals surface area contributed by atoms with E-state index in [1.807, 2.05) is 0 Å². The zero-order valence-electron chi connectivity index (χ0n) is 10.5. The van der Waals surface area contributed by atoms with Crippen LogP contribution in [0.2, 0.25) is 0 Å². The first-order valence-corrected chi connectivity index (χ1v) is 6.90. The molecule has 98 valence electrons. The fraction of sp³-hybridized carbons (Fsp3) is 0.923. The first-order valence-electron chi connectivity index (χ1n) is 6.90. The van der Waals surface area contributed by atoms with Crippen molar-refractivity contribution < 1.29 is 9.90 Å². The molecule has 3 N–H and O–H groups in total. The summed E-state index contributed by atoms with van der Waals surface area (Å²) in [6.07, 6.45) is 8.63. The van der Waals surface area contributed by atoms with E-state index in [0.717, 1.165) is 38.5 Å². The largest absolute Gasteiger partial charge is 0.389 e. The Kier molecular flexibility index (Phi) is 4.40. The molecule has 0 aromatic rings. The fourth-order valence-corrected chi connectivity index (χ4v) is 2.48. The molecule has 0 atom stereocenters. The molecule has 0 spiro atoms. The highest BCUT2D eigenvalue weighted by molar-refractivity contribution is 5.78. The summed E-state index contributed by atoms with van der Waals surface area (Å²) in [5.41, 5.74) is -0.587. The monoisotopic (exact) mass is 240 g/mol. The second-order valence-electron chi connectivity index (χ2n) is 5.58. The van der Waals surface area contributed by atoms with Crippen LogP contribution in [0, 0.1) is 0 Å². The van der Waals surface area contributed by atoms with Gasteiger partial charge in [-0.15, -0.1) is 0 Å². The van der Waals surface area contributed by atoms with E-state index in [9.17, 15) is 9.90 Å². The average Bonchev–Trinajstić information content (AvgIpc) is 3.07. The van der Waals surface area contributed by atoms with E-state index in [4.69, 9.17) is 0 Å². The Balaban J connectivity index is 1.63. The van der Waals surface area contributed by atoms with Crippen molar-refractivity contribution in [1.29, 1.82) is 0 Å². The van der Waals surface area contributed by atoms with E-state index >= 15 is 0 Å². The molecule has 0 aliphatic heterocycles. The molecular formula is C13H24N2O2. The van der Waals surface area contributed by atoms with Gasteiger partial charge in [0.1, 0.15) is 0 Å². The SMILES string of the molecule is O=C(CNCC1(O)CCCCCC1)NC1CC1. The molecule has 2 aliphatic carbocycles. The van der Waals surface area contributed by atoms with E-state index in [1.54, 1.807) is 0 Å². The van der Waals surface area contributed by atoms with Crippen molar-refractivity contribution in [1.82, 2.24) is 10.6 Å².